The minimum atomic E-state index is -3.75. The number of nitrogens with zero attached hydrogens (tertiary/aromatic N) is 2. The van der Waals surface area contributed by atoms with Crippen molar-refractivity contribution < 1.29 is 18.1 Å². The Balaban J connectivity index is 1.97. The van der Waals surface area contributed by atoms with Gasteiger partial charge in [0, 0.05) is 18.4 Å². The van der Waals surface area contributed by atoms with Crippen LogP contribution in [0.4, 0.5) is 5.69 Å². The van der Waals surface area contributed by atoms with Gasteiger partial charge >= 0.3 is 0 Å². The summed E-state index contributed by atoms with van der Waals surface area (Å²) in [5.74, 6) is 1.15. The number of sulfonamides is 1. The molecule has 1 saturated heterocycles. The summed E-state index contributed by atoms with van der Waals surface area (Å²) in [6.07, 6.45) is 0. The minimum Gasteiger partial charge on any atom is -0.497 e. The Morgan fingerprint density at radius 3 is 2.58 bits per heavy atom. The van der Waals surface area contributed by atoms with Gasteiger partial charge in [-0.25, -0.2) is 8.42 Å². The third-order valence-corrected chi connectivity index (χ3v) is 7.56. The lowest BCUT2D eigenvalue weighted by molar-refractivity contribution is -0.384. The molecule has 0 aliphatic carbocycles. The Labute approximate surface area is 160 Å². The van der Waals surface area contributed by atoms with Gasteiger partial charge in [-0.1, -0.05) is 17.7 Å². The second kappa shape index (κ2) is 7.43. The number of ether oxygens (including phenoxy) is 1. The molecular weight excluding hydrogens is 400 g/mol. The van der Waals surface area contributed by atoms with Gasteiger partial charge in [-0.15, -0.1) is 11.8 Å². The van der Waals surface area contributed by atoms with Crippen LogP contribution < -0.4 is 4.74 Å². The summed E-state index contributed by atoms with van der Waals surface area (Å²) < 4.78 is 32.4. The van der Waals surface area contributed by atoms with E-state index in [1.54, 1.807) is 18.2 Å². The smallest absolute Gasteiger partial charge is 0.288 e. The second-order valence-electron chi connectivity index (χ2n) is 5.48. The van der Waals surface area contributed by atoms with Crippen molar-refractivity contribution in [3.8, 4) is 5.75 Å². The van der Waals surface area contributed by atoms with E-state index in [0.29, 0.717) is 23.6 Å². The van der Waals surface area contributed by atoms with E-state index in [1.165, 1.54) is 47.4 Å². The first-order valence-corrected chi connectivity index (χ1v) is 10.4. The van der Waals surface area contributed by atoms with Gasteiger partial charge in [0.2, 0.25) is 10.0 Å². The summed E-state index contributed by atoms with van der Waals surface area (Å²) in [7, 11) is -2.25. The van der Waals surface area contributed by atoms with Crippen molar-refractivity contribution in [2.45, 2.75) is 10.3 Å². The predicted octanol–water partition coefficient (Wildman–Crippen LogP) is 3.69. The van der Waals surface area contributed by atoms with Crippen LogP contribution in [0.3, 0.4) is 0 Å². The molecule has 2 aromatic rings. The number of methoxy groups -OCH3 is 1. The maximum absolute atomic E-state index is 13.0. The molecule has 26 heavy (non-hydrogen) atoms. The summed E-state index contributed by atoms with van der Waals surface area (Å²) in [5, 5.41) is 10.6. The van der Waals surface area contributed by atoms with Crippen LogP contribution >= 0.6 is 23.4 Å². The number of thioether (sulfide) groups is 1. The number of hydrogen-bond donors (Lipinski definition) is 0. The Hall–Kier alpha value is -1.81. The molecular formula is C16H15ClN2O5S2. The molecule has 1 heterocycles. The molecule has 10 heteroatoms. The van der Waals surface area contributed by atoms with E-state index in [4.69, 9.17) is 16.3 Å². The van der Waals surface area contributed by atoms with Crippen LogP contribution in [-0.4, -0.2) is 37.1 Å². The summed E-state index contributed by atoms with van der Waals surface area (Å²) in [5.41, 5.74) is 0.291. The standard InChI is InChI=1S/C16H15ClN2O5S2/c1-24-12-3-5-13(6-4-12)26(22,23)18-8-9-25-16(18)11-2-7-14(17)15(10-11)19(20)21/h2-7,10,16H,8-9H2,1H3/t16-/m0/s1. The van der Waals surface area contributed by atoms with Crippen LogP contribution in [0, 0.1) is 10.1 Å². The molecule has 7 nitrogen and oxygen atoms in total. The maximum atomic E-state index is 13.0. The SMILES string of the molecule is COc1ccc(S(=O)(=O)N2CCS[C@H]2c2ccc(Cl)c([N+](=O)[O-])c2)cc1. The summed E-state index contributed by atoms with van der Waals surface area (Å²) >= 11 is 7.27. The molecule has 0 N–H and O–H groups in total. The first-order chi connectivity index (χ1) is 12.3. The van der Waals surface area contributed by atoms with E-state index < -0.39 is 20.3 Å². The fraction of sp³-hybridized carbons (Fsp3) is 0.250. The normalized spacial score (nSPS) is 18.0. The molecule has 0 aromatic heterocycles. The zero-order valence-corrected chi connectivity index (χ0v) is 16.1. The third-order valence-electron chi connectivity index (χ3n) is 3.97. The zero-order valence-electron chi connectivity index (χ0n) is 13.7. The van der Waals surface area contributed by atoms with Crippen molar-refractivity contribution in [1.82, 2.24) is 4.31 Å². The van der Waals surface area contributed by atoms with E-state index in [2.05, 4.69) is 0 Å². The molecule has 0 saturated carbocycles. The number of nitro groups is 1. The average molecular weight is 415 g/mol. The topological polar surface area (TPSA) is 89.8 Å². The van der Waals surface area contributed by atoms with Crippen molar-refractivity contribution in [2.75, 3.05) is 19.4 Å². The van der Waals surface area contributed by atoms with Crippen molar-refractivity contribution in [3.63, 3.8) is 0 Å². The maximum Gasteiger partial charge on any atom is 0.288 e. The van der Waals surface area contributed by atoms with Gasteiger partial charge in [-0.3, -0.25) is 10.1 Å². The van der Waals surface area contributed by atoms with Crippen LogP contribution in [0.5, 0.6) is 5.75 Å². The lowest BCUT2D eigenvalue weighted by Crippen LogP contribution is -2.30. The lowest BCUT2D eigenvalue weighted by Gasteiger charge is -2.23. The molecule has 1 aliphatic rings. The van der Waals surface area contributed by atoms with Gasteiger partial charge in [-0.2, -0.15) is 4.31 Å². The number of rotatable bonds is 5. The molecule has 1 atom stereocenters. The Bertz CT molecular complexity index is 934. The highest BCUT2D eigenvalue weighted by Gasteiger charge is 2.37. The third kappa shape index (κ3) is 3.52. The monoisotopic (exact) mass is 414 g/mol. The quantitative estimate of drug-likeness (QED) is 0.547. The fourth-order valence-corrected chi connectivity index (χ4v) is 6.09. The lowest BCUT2D eigenvalue weighted by atomic mass is 10.2. The molecule has 2 aromatic carbocycles. The van der Waals surface area contributed by atoms with Gasteiger partial charge in [0.15, 0.2) is 0 Å². The number of benzene rings is 2. The molecule has 0 radical (unpaired) electrons. The highest BCUT2D eigenvalue weighted by molar-refractivity contribution is 8.01. The van der Waals surface area contributed by atoms with Gasteiger partial charge < -0.3 is 4.74 Å². The van der Waals surface area contributed by atoms with Crippen LogP contribution in [0.25, 0.3) is 0 Å². The fourth-order valence-electron chi connectivity index (χ4n) is 2.67. The van der Waals surface area contributed by atoms with E-state index in [0.717, 1.165) is 0 Å². The van der Waals surface area contributed by atoms with Gasteiger partial charge in [-0.05, 0) is 35.9 Å². The summed E-state index contributed by atoms with van der Waals surface area (Å²) in [4.78, 5) is 10.7. The summed E-state index contributed by atoms with van der Waals surface area (Å²) in [6, 6.07) is 10.5. The van der Waals surface area contributed by atoms with Crippen molar-refractivity contribution >= 4 is 39.1 Å². The molecule has 0 amide bonds. The van der Waals surface area contributed by atoms with Crippen LogP contribution in [-0.2, 0) is 10.0 Å². The Morgan fingerprint density at radius 2 is 1.96 bits per heavy atom. The highest BCUT2D eigenvalue weighted by atomic mass is 35.5. The van der Waals surface area contributed by atoms with Gasteiger partial charge in [0.25, 0.3) is 5.69 Å². The van der Waals surface area contributed by atoms with Crippen LogP contribution in [0.2, 0.25) is 5.02 Å². The minimum absolute atomic E-state index is 0.0197. The molecule has 1 aliphatic heterocycles. The van der Waals surface area contributed by atoms with Crippen molar-refractivity contribution in [1.29, 1.82) is 0 Å². The number of nitro benzene ring substituents is 1. The van der Waals surface area contributed by atoms with Crippen molar-refractivity contribution in [3.05, 3.63) is 63.2 Å². The molecule has 138 valence electrons. The van der Waals surface area contributed by atoms with E-state index >= 15 is 0 Å². The zero-order chi connectivity index (χ0) is 18.9. The van der Waals surface area contributed by atoms with Crippen LogP contribution in [0.1, 0.15) is 10.9 Å². The Kier molecular flexibility index (Phi) is 5.42. The average Bonchev–Trinajstić information content (AvgIpc) is 3.12. The van der Waals surface area contributed by atoms with E-state index in [9.17, 15) is 18.5 Å². The highest BCUT2D eigenvalue weighted by Crippen LogP contribution is 2.43. The second-order valence-corrected chi connectivity index (χ2v) is 8.97. The molecule has 1 fully saturated rings. The van der Waals surface area contributed by atoms with Crippen LogP contribution in [0.15, 0.2) is 47.4 Å². The number of halogens is 1. The predicted molar refractivity (Wildman–Crippen MR) is 100 cm³/mol. The van der Waals surface area contributed by atoms with Crippen molar-refractivity contribution in [2.24, 2.45) is 0 Å². The largest absolute Gasteiger partial charge is 0.497 e. The van der Waals surface area contributed by atoms with E-state index in [-0.39, 0.29) is 15.6 Å². The Morgan fingerprint density at radius 1 is 1.27 bits per heavy atom. The molecule has 0 bridgehead atoms. The first-order valence-electron chi connectivity index (χ1n) is 7.56. The molecule has 3 rings (SSSR count). The summed E-state index contributed by atoms with van der Waals surface area (Å²) in [6.45, 7) is 0.320. The van der Waals surface area contributed by atoms with Gasteiger partial charge in [0.05, 0.1) is 22.3 Å². The molecule has 0 unspecified atom stereocenters. The van der Waals surface area contributed by atoms with Gasteiger partial charge in [0.1, 0.15) is 10.8 Å². The van der Waals surface area contributed by atoms with E-state index in [1.807, 2.05) is 0 Å². The first kappa shape index (κ1) is 19.0. The molecule has 0 spiro atoms. The number of hydrogen-bond acceptors (Lipinski definition) is 6.